The van der Waals surface area contributed by atoms with Gasteiger partial charge in [-0.3, -0.25) is 9.59 Å². The first-order chi connectivity index (χ1) is 7.11. The normalized spacial score (nSPS) is 19.4. The van der Waals surface area contributed by atoms with Gasteiger partial charge in [0.25, 0.3) is 0 Å². The Balaban J connectivity index is 0.000000336. The van der Waals surface area contributed by atoms with Gasteiger partial charge in [0.15, 0.2) is 0 Å². The van der Waals surface area contributed by atoms with Gasteiger partial charge in [-0.1, -0.05) is 6.58 Å². The summed E-state index contributed by atoms with van der Waals surface area (Å²) < 4.78 is 0. The van der Waals surface area contributed by atoms with Gasteiger partial charge in [0, 0.05) is 26.7 Å². The number of likely N-dealkylation sites (N-methyl/N-ethyl adjacent to an activating group) is 1. The Labute approximate surface area is 89.3 Å². The molecular weight excluding hydrogens is 196 g/mol. The Hall–Kier alpha value is -1.40. The number of carbonyl (C=O) groups is 2. The minimum Gasteiger partial charge on any atom is -0.366 e. The van der Waals surface area contributed by atoms with E-state index in [1.165, 1.54) is 0 Å². The summed E-state index contributed by atoms with van der Waals surface area (Å²) >= 11 is 0. The molecular formula is C9H18N4O2. The Morgan fingerprint density at radius 1 is 1.53 bits per heavy atom. The van der Waals surface area contributed by atoms with Gasteiger partial charge >= 0.3 is 0 Å². The molecule has 1 aliphatic heterocycles. The minimum atomic E-state index is -0.481. The molecule has 1 rings (SSSR count). The van der Waals surface area contributed by atoms with Crippen molar-refractivity contribution >= 4 is 11.8 Å². The van der Waals surface area contributed by atoms with E-state index in [4.69, 9.17) is 0 Å². The zero-order chi connectivity index (χ0) is 11.7. The summed E-state index contributed by atoms with van der Waals surface area (Å²) in [5.41, 5.74) is 4.53. The number of nitrogens with two attached hydrogens (primary N) is 1. The zero-order valence-electron chi connectivity index (χ0n) is 8.88. The van der Waals surface area contributed by atoms with Crippen molar-refractivity contribution in [2.45, 2.75) is 6.04 Å². The van der Waals surface area contributed by atoms with Crippen molar-refractivity contribution in [1.82, 2.24) is 16.0 Å². The molecule has 0 spiro atoms. The van der Waals surface area contributed by atoms with E-state index in [0.29, 0.717) is 0 Å². The fourth-order valence-electron chi connectivity index (χ4n) is 1.01. The number of rotatable bonds is 2. The smallest absolute Gasteiger partial charge is 0.240 e. The highest BCUT2D eigenvalue weighted by Crippen LogP contribution is 1.85. The third-order valence-corrected chi connectivity index (χ3v) is 1.81. The number of hydrogen-bond donors (Lipinski definition) is 4. The second-order valence-corrected chi connectivity index (χ2v) is 2.93. The van der Waals surface area contributed by atoms with Crippen molar-refractivity contribution in [1.29, 1.82) is 0 Å². The lowest BCUT2D eigenvalue weighted by atomic mass is 10.2. The van der Waals surface area contributed by atoms with Crippen LogP contribution in [-0.4, -0.2) is 44.5 Å². The van der Waals surface area contributed by atoms with Crippen LogP contribution in [0.2, 0.25) is 0 Å². The van der Waals surface area contributed by atoms with E-state index in [0.717, 1.165) is 25.7 Å². The molecule has 0 aromatic heterocycles. The van der Waals surface area contributed by atoms with E-state index < -0.39 is 5.91 Å². The van der Waals surface area contributed by atoms with Crippen LogP contribution in [0.15, 0.2) is 12.7 Å². The minimum absolute atomic E-state index is 0.0428. The summed E-state index contributed by atoms with van der Waals surface area (Å²) in [6, 6.07) is -0.0428. The largest absolute Gasteiger partial charge is 0.366 e. The molecule has 6 heteroatoms. The second kappa shape index (κ2) is 7.95. The van der Waals surface area contributed by atoms with Gasteiger partial charge in [-0.2, -0.15) is 0 Å². The highest BCUT2D eigenvalue weighted by molar-refractivity contribution is 5.85. The first kappa shape index (κ1) is 13.6. The molecule has 5 N–H and O–H groups in total. The van der Waals surface area contributed by atoms with Crippen LogP contribution < -0.4 is 21.7 Å². The van der Waals surface area contributed by atoms with E-state index in [9.17, 15) is 9.59 Å². The molecule has 0 aromatic carbocycles. The summed E-state index contributed by atoms with van der Waals surface area (Å²) in [5.74, 6) is -0.419. The van der Waals surface area contributed by atoms with E-state index in [-0.39, 0.29) is 11.9 Å². The van der Waals surface area contributed by atoms with E-state index in [1.807, 2.05) is 0 Å². The number of piperazine rings is 1. The monoisotopic (exact) mass is 214 g/mol. The highest BCUT2D eigenvalue weighted by atomic mass is 16.2. The number of primary amides is 1. The molecule has 2 amide bonds. The Kier molecular flexibility index (Phi) is 7.21. The highest BCUT2D eigenvalue weighted by Gasteiger charge is 2.17. The molecule has 1 saturated heterocycles. The van der Waals surface area contributed by atoms with Crippen molar-refractivity contribution in [3.8, 4) is 0 Å². The van der Waals surface area contributed by atoms with Crippen molar-refractivity contribution in [2.24, 2.45) is 5.73 Å². The van der Waals surface area contributed by atoms with Crippen LogP contribution in [-0.2, 0) is 9.59 Å². The Morgan fingerprint density at radius 3 is 2.47 bits per heavy atom. The molecule has 1 atom stereocenters. The number of amides is 2. The third-order valence-electron chi connectivity index (χ3n) is 1.81. The summed E-state index contributed by atoms with van der Waals surface area (Å²) in [5, 5.41) is 8.82. The van der Waals surface area contributed by atoms with Gasteiger partial charge in [0.05, 0.1) is 6.04 Å². The number of carbonyl (C=O) groups excluding carboxylic acids is 2. The SMILES string of the molecule is C=CC(N)=O.CNC(=O)C1CNCCN1. The van der Waals surface area contributed by atoms with Crippen LogP contribution >= 0.6 is 0 Å². The molecule has 0 aliphatic carbocycles. The molecule has 0 saturated carbocycles. The average Bonchev–Trinajstić information content (AvgIpc) is 2.30. The lowest BCUT2D eigenvalue weighted by Gasteiger charge is -2.22. The van der Waals surface area contributed by atoms with Crippen LogP contribution in [0.3, 0.4) is 0 Å². The quantitative estimate of drug-likeness (QED) is 0.398. The third kappa shape index (κ3) is 6.64. The average molecular weight is 214 g/mol. The zero-order valence-corrected chi connectivity index (χ0v) is 8.88. The maximum absolute atomic E-state index is 11.0. The molecule has 1 fully saturated rings. The molecule has 86 valence electrons. The second-order valence-electron chi connectivity index (χ2n) is 2.93. The Morgan fingerprint density at radius 2 is 2.13 bits per heavy atom. The Bertz CT molecular complexity index is 224. The molecule has 6 nitrogen and oxygen atoms in total. The lowest BCUT2D eigenvalue weighted by Crippen LogP contribution is -2.55. The summed E-state index contributed by atoms with van der Waals surface area (Å²) in [4.78, 5) is 20.4. The van der Waals surface area contributed by atoms with Crippen LogP contribution in [0.5, 0.6) is 0 Å². The van der Waals surface area contributed by atoms with Gasteiger partial charge in [-0.05, 0) is 6.08 Å². The number of hydrogen-bond acceptors (Lipinski definition) is 4. The van der Waals surface area contributed by atoms with E-state index in [2.05, 4.69) is 28.3 Å². The van der Waals surface area contributed by atoms with Gasteiger partial charge in [0.2, 0.25) is 11.8 Å². The maximum atomic E-state index is 11.0. The van der Waals surface area contributed by atoms with Crippen molar-refractivity contribution in [3.05, 3.63) is 12.7 Å². The van der Waals surface area contributed by atoms with Gasteiger partial charge in [-0.25, -0.2) is 0 Å². The van der Waals surface area contributed by atoms with Gasteiger partial charge < -0.3 is 21.7 Å². The summed E-state index contributed by atoms with van der Waals surface area (Å²) in [6.45, 7) is 5.65. The number of nitrogens with one attached hydrogen (secondary N) is 3. The predicted octanol–water partition coefficient (Wildman–Crippen LogP) is -2.05. The van der Waals surface area contributed by atoms with Crippen LogP contribution in [0.25, 0.3) is 0 Å². The molecule has 15 heavy (non-hydrogen) atoms. The molecule has 1 aliphatic rings. The lowest BCUT2D eigenvalue weighted by molar-refractivity contribution is -0.122. The molecule has 1 unspecified atom stereocenters. The summed E-state index contributed by atoms with van der Waals surface area (Å²) in [6.07, 6.45) is 1.06. The summed E-state index contributed by atoms with van der Waals surface area (Å²) in [7, 11) is 1.65. The van der Waals surface area contributed by atoms with Crippen LogP contribution in [0.1, 0.15) is 0 Å². The molecule has 0 radical (unpaired) electrons. The fraction of sp³-hybridized carbons (Fsp3) is 0.556. The predicted molar refractivity (Wildman–Crippen MR) is 58.1 cm³/mol. The van der Waals surface area contributed by atoms with Crippen molar-refractivity contribution < 1.29 is 9.59 Å². The van der Waals surface area contributed by atoms with Crippen LogP contribution in [0, 0.1) is 0 Å². The topological polar surface area (TPSA) is 96.2 Å². The standard InChI is InChI=1S/C6H13N3O.C3H5NO/c1-7-6(10)5-4-8-2-3-9-5;1-2-3(4)5/h5,8-9H,2-4H2,1H3,(H,7,10);2H,1H2,(H2,4,5). The van der Waals surface area contributed by atoms with E-state index in [1.54, 1.807) is 7.05 Å². The maximum Gasteiger partial charge on any atom is 0.240 e. The van der Waals surface area contributed by atoms with Crippen molar-refractivity contribution in [2.75, 3.05) is 26.7 Å². The van der Waals surface area contributed by atoms with Crippen LogP contribution in [0.4, 0.5) is 0 Å². The molecule has 0 aromatic rings. The first-order valence-electron chi connectivity index (χ1n) is 4.69. The molecule has 0 bridgehead atoms. The van der Waals surface area contributed by atoms with Crippen molar-refractivity contribution in [3.63, 3.8) is 0 Å². The fourth-order valence-corrected chi connectivity index (χ4v) is 1.01. The first-order valence-corrected chi connectivity index (χ1v) is 4.69. The molecule has 1 heterocycles. The van der Waals surface area contributed by atoms with Gasteiger partial charge in [-0.15, -0.1) is 0 Å². The van der Waals surface area contributed by atoms with E-state index >= 15 is 0 Å². The van der Waals surface area contributed by atoms with Gasteiger partial charge in [0.1, 0.15) is 0 Å².